The van der Waals surface area contributed by atoms with Gasteiger partial charge < -0.3 is 14.2 Å². The van der Waals surface area contributed by atoms with E-state index in [1.165, 1.54) is 12.4 Å². The van der Waals surface area contributed by atoms with Crippen LogP contribution in [-0.4, -0.2) is 48.3 Å². The Bertz CT molecular complexity index is 1620. The number of carbonyl (C=O) groups excluding carboxylic acids is 1. The fraction of sp³-hybridized carbons (Fsp3) is 0.345. The molecule has 1 aliphatic rings. The van der Waals surface area contributed by atoms with Crippen LogP contribution in [0.15, 0.2) is 43.0 Å². The Labute approximate surface area is 230 Å². The SMILES string of the molecule is [C-]#[N+]c1cnc([C@H](C)N2CCc3c(cc(Cn4ccnc4C)cc3-c3cn(C(F)F)nc3C)C2=O)cc1OCC. The van der Waals surface area contributed by atoms with Crippen LogP contribution in [0.25, 0.3) is 16.0 Å². The van der Waals surface area contributed by atoms with E-state index in [2.05, 4.69) is 19.9 Å². The molecule has 4 heterocycles. The summed E-state index contributed by atoms with van der Waals surface area (Å²) >= 11 is 0. The van der Waals surface area contributed by atoms with Gasteiger partial charge in [-0.1, -0.05) is 0 Å². The topological polar surface area (TPSA) is 82.4 Å². The highest BCUT2D eigenvalue weighted by Gasteiger charge is 2.32. The minimum atomic E-state index is -2.76. The van der Waals surface area contributed by atoms with Crippen molar-refractivity contribution in [2.24, 2.45) is 0 Å². The standard InChI is InChI=1S/C29H29F2N7O2/c1-6-40-27-13-25(34-14-26(27)32-5)18(3)37-9-7-21-22(24-16-38(29(30)31)35-17(24)2)11-20(12-23(21)28(37)39)15-36-10-8-33-19(36)4/h8,10-14,16,18,29H,6-7,9,15H2,1-4H3/t18-/m0/s1. The van der Waals surface area contributed by atoms with Crippen molar-refractivity contribution in [3.05, 3.63) is 88.3 Å². The predicted molar refractivity (Wildman–Crippen MR) is 145 cm³/mol. The van der Waals surface area contributed by atoms with Gasteiger partial charge in [0.25, 0.3) is 5.91 Å². The van der Waals surface area contributed by atoms with E-state index in [1.54, 1.807) is 24.1 Å². The van der Waals surface area contributed by atoms with Gasteiger partial charge in [-0.2, -0.15) is 13.9 Å². The minimum Gasteiger partial charge on any atom is -0.505 e. The molecule has 5 rings (SSSR count). The van der Waals surface area contributed by atoms with Crippen LogP contribution in [0, 0.1) is 20.4 Å². The number of nitrogens with zero attached hydrogens (tertiary/aromatic N) is 7. The van der Waals surface area contributed by atoms with Gasteiger partial charge in [-0.25, -0.2) is 14.5 Å². The number of imidazole rings is 1. The van der Waals surface area contributed by atoms with Crippen molar-refractivity contribution in [3.8, 4) is 16.9 Å². The van der Waals surface area contributed by atoms with E-state index < -0.39 is 6.55 Å². The predicted octanol–water partition coefficient (Wildman–Crippen LogP) is 5.91. The zero-order chi connectivity index (χ0) is 28.6. The number of fused-ring (bicyclic) bond motifs is 1. The maximum Gasteiger partial charge on any atom is 0.333 e. The van der Waals surface area contributed by atoms with Crippen molar-refractivity contribution in [1.29, 1.82) is 0 Å². The molecule has 0 fully saturated rings. The Morgan fingerprint density at radius 3 is 2.58 bits per heavy atom. The summed E-state index contributed by atoms with van der Waals surface area (Å²) in [6.07, 6.45) is 6.92. The number of aromatic nitrogens is 5. The second-order valence-corrected chi connectivity index (χ2v) is 9.70. The third-order valence-electron chi connectivity index (χ3n) is 7.27. The van der Waals surface area contributed by atoms with Gasteiger partial charge in [0.2, 0.25) is 5.69 Å². The molecule has 0 spiro atoms. The molecule has 3 aromatic heterocycles. The number of halogens is 2. The molecule has 0 N–H and O–H groups in total. The third kappa shape index (κ3) is 4.93. The Morgan fingerprint density at radius 2 is 1.93 bits per heavy atom. The summed E-state index contributed by atoms with van der Waals surface area (Å²) in [5, 5.41) is 4.01. The molecule has 1 atom stereocenters. The maximum atomic E-state index is 14.0. The van der Waals surface area contributed by atoms with Crippen LogP contribution in [0.2, 0.25) is 0 Å². The maximum absolute atomic E-state index is 14.0. The Hall–Kier alpha value is -4.59. The molecule has 0 radical (unpaired) electrons. The summed E-state index contributed by atoms with van der Waals surface area (Å²) in [4.78, 5) is 28.0. The largest absolute Gasteiger partial charge is 0.505 e. The third-order valence-corrected chi connectivity index (χ3v) is 7.27. The number of benzene rings is 1. The van der Waals surface area contributed by atoms with Crippen LogP contribution in [0.3, 0.4) is 0 Å². The van der Waals surface area contributed by atoms with E-state index in [0.717, 1.165) is 22.5 Å². The molecule has 1 aromatic carbocycles. The van der Waals surface area contributed by atoms with Crippen molar-refractivity contribution in [1.82, 2.24) is 29.2 Å². The molecular weight excluding hydrogens is 516 g/mol. The molecule has 0 unspecified atom stereocenters. The lowest BCUT2D eigenvalue weighted by Crippen LogP contribution is -2.40. The zero-order valence-electron chi connectivity index (χ0n) is 22.7. The van der Waals surface area contributed by atoms with E-state index in [0.29, 0.717) is 64.8 Å². The minimum absolute atomic E-state index is 0.174. The van der Waals surface area contributed by atoms with Crippen LogP contribution in [0.1, 0.15) is 65.1 Å². The fourth-order valence-electron chi connectivity index (χ4n) is 5.18. The molecular formula is C29H29F2N7O2. The first kappa shape index (κ1) is 27.0. The molecule has 40 heavy (non-hydrogen) atoms. The zero-order valence-corrected chi connectivity index (χ0v) is 22.7. The van der Waals surface area contributed by atoms with E-state index >= 15 is 0 Å². The molecule has 0 saturated carbocycles. The van der Waals surface area contributed by atoms with Gasteiger partial charge in [0.15, 0.2) is 0 Å². The van der Waals surface area contributed by atoms with Crippen LogP contribution < -0.4 is 4.74 Å². The van der Waals surface area contributed by atoms with Gasteiger partial charge >= 0.3 is 6.55 Å². The second-order valence-electron chi connectivity index (χ2n) is 9.70. The van der Waals surface area contributed by atoms with Gasteiger partial charge in [-0.05, 0) is 69.0 Å². The number of amides is 1. The Balaban J connectivity index is 1.57. The molecule has 206 valence electrons. The summed E-state index contributed by atoms with van der Waals surface area (Å²) in [7, 11) is 0. The second kappa shape index (κ2) is 10.9. The van der Waals surface area contributed by atoms with Crippen molar-refractivity contribution in [2.75, 3.05) is 13.2 Å². The van der Waals surface area contributed by atoms with Crippen molar-refractivity contribution in [3.63, 3.8) is 0 Å². The number of alkyl halides is 2. The van der Waals surface area contributed by atoms with Crippen LogP contribution in [0.4, 0.5) is 14.5 Å². The Kier molecular flexibility index (Phi) is 7.34. The first-order chi connectivity index (χ1) is 19.2. The number of aryl methyl sites for hydroxylation is 2. The average molecular weight is 546 g/mol. The molecule has 1 amide bonds. The lowest BCUT2D eigenvalue weighted by atomic mass is 9.87. The highest BCUT2D eigenvalue weighted by Crippen LogP contribution is 2.37. The van der Waals surface area contributed by atoms with Crippen LogP contribution >= 0.6 is 0 Å². The van der Waals surface area contributed by atoms with Gasteiger partial charge in [0.05, 0.1) is 30.6 Å². The van der Waals surface area contributed by atoms with Crippen LogP contribution in [0.5, 0.6) is 5.75 Å². The van der Waals surface area contributed by atoms with E-state index in [-0.39, 0.29) is 11.9 Å². The highest BCUT2D eigenvalue weighted by atomic mass is 19.3. The summed E-state index contributed by atoms with van der Waals surface area (Å²) in [6.45, 7) is 13.2. The van der Waals surface area contributed by atoms with Crippen molar-refractivity contribution in [2.45, 2.75) is 53.3 Å². The van der Waals surface area contributed by atoms with Crippen LogP contribution in [-0.2, 0) is 13.0 Å². The quantitative estimate of drug-likeness (QED) is 0.257. The molecule has 0 saturated heterocycles. The number of ether oxygens (including phenoxy) is 1. The van der Waals surface area contributed by atoms with E-state index in [9.17, 15) is 13.6 Å². The molecule has 9 nitrogen and oxygen atoms in total. The number of hydrogen-bond acceptors (Lipinski definition) is 5. The highest BCUT2D eigenvalue weighted by molar-refractivity contribution is 5.99. The monoisotopic (exact) mass is 545 g/mol. The molecule has 11 heteroatoms. The number of carbonyl (C=O) groups is 1. The average Bonchev–Trinajstić information content (AvgIpc) is 3.53. The van der Waals surface area contributed by atoms with Gasteiger partial charge in [-0.3, -0.25) is 9.78 Å². The lowest BCUT2D eigenvalue weighted by Gasteiger charge is -2.34. The van der Waals surface area contributed by atoms with Crippen molar-refractivity contribution >= 4 is 11.6 Å². The molecule has 4 aromatic rings. The van der Waals surface area contributed by atoms with E-state index in [4.69, 9.17) is 11.3 Å². The molecule has 0 aliphatic carbocycles. The smallest absolute Gasteiger partial charge is 0.333 e. The summed E-state index contributed by atoms with van der Waals surface area (Å²) in [5.41, 5.74) is 4.89. The number of rotatable bonds is 8. The van der Waals surface area contributed by atoms with Gasteiger partial charge in [-0.15, -0.1) is 0 Å². The number of hydrogen-bond donors (Lipinski definition) is 0. The first-order valence-corrected chi connectivity index (χ1v) is 13.0. The summed E-state index contributed by atoms with van der Waals surface area (Å²) in [6, 6.07) is 5.18. The molecule has 1 aliphatic heterocycles. The first-order valence-electron chi connectivity index (χ1n) is 13.0. The van der Waals surface area contributed by atoms with E-state index in [1.807, 2.05) is 43.7 Å². The Morgan fingerprint density at radius 1 is 1.15 bits per heavy atom. The van der Waals surface area contributed by atoms with Gasteiger partial charge in [0.1, 0.15) is 11.6 Å². The lowest BCUT2D eigenvalue weighted by molar-refractivity contribution is 0.0563. The van der Waals surface area contributed by atoms with Crippen molar-refractivity contribution < 1.29 is 18.3 Å². The number of pyridine rings is 1. The molecule has 0 bridgehead atoms. The normalized spacial score (nSPS) is 13.8. The van der Waals surface area contributed by atoms with Gasteiger partial charge in [0, 0.05) is 49.0 Å². The summed E-state index contributed by atoms with van der Waals surface area (Å²) < 4.78 is 35.2. The fourth-order valence-corrected chi connectivity index (χ4v) is 5.18. The summed E-state index contributed by atoms with van der Waals surface area (Å²) in [5.74, 6) is 1.08.